The predicted molar refractivity (Wildman–Crippen MR) is 128 cm³/mol. The van der Waals surface area contributed by atoms with Crippen molar-refractivity contribution in [1.29, 1.82) is 0 Å². The Morgan fingerprint density at radius 1 is 1.23 bits per heavy atom. The van der Waals surface area contributed by atoms with Crippen LogP contribution in [0, 0.1) is 5.82 Å². The number of nitrogens with zero attached hydrogens (tertiary/aromatic N) is 2. The molecule has 1 saturated heterocycles. The molecule has 0 spiro atoms. The number of H-pyrrole nitrogens is 1. The molecular weight excluding hydrogens is 451 g/mol. The average Bonchev–Trinajstić information content (AvgIpc) is 3.20. The fourth-order valence-electron chi connectivity index (χ4n) is 4.51. The molecule has 35 heavy (non-hydrogen) atoms. The van der Waals surface area contributed by atoms with Gasteiger partial charge < -0.3 is 24.5 Å². The number of aromatic amines is 1. The summed E-state index contributed by atoms with van der Waals surface area (Å²) in [5.41, 5.74) is 5.53. The highest BCUT2D eigenvalue weighted by Crippen LogP contribution is 2.40. The first-order valence-corrected chi connectivity index (χ1v) is 11.6. The Hall–Kier alpha value is -3.98. The Labute approximate surface area is 200 Å². The quantitative estimate of drug-likeness (QED) is 0.395. The summed E-state index contributed by atoms with van der Waals surface area (Å²) in [7, 11) is 0. The molecule has 4 aromatic rings. The molecule has 2 N–H and O–H groups in total. The summed E-state index contributed by atoms with van der Waals surface area (Å²) in [4.78, 5) is 25.4. The number of esters is 1. The zero-order valence-electron chi connectivity index (χ0n) is 19.1. The van der Waals surface area contributed by atoms with Crippen LogP contribution in [0.4, 0.5) is 15.8 Å². The van der Waals surface area contributed by atoms with Gasteiger partial charge in [-0.1, -0.05) is 13.0 Å². The molecule has 1 fully saturated rings. The van der Waals surface area contributed by atoms with Crippen molar-refractivity contribution in [1.82, 2.24) is 15.0 Å². The Balaban J connectivity index is 1.52. The molecule has 2 aliphatic heterocycles. The van der Waals surface area contributed by atoms with Crippen molar-refractivity contribution in [2.45, 2.75) is 25.9 Å². The van der Waals surface area contributed by atoms with E-state index in [1.165, 1.54) is 6.07 Å². The van der Waals surface area contributed by atoms with Crippen LogP contribution in [0.5, 0.6) is 5.88 Å². The summed E-state index contributed by atoms with van der Waals surface area (Å²) in [5, 5.41) is 3.33. The summed E-state index contributed by atoms with van der Waals surface area (Å²) >= 11 is 0. The molecule has 2 aliphatic rings. The Morgan fingerprint density at radius 3 is 2.91 bits per heavy atom. The Morgan fingerprint density at radius 2 is 2.11 bits per heavy atom. The number of ether oxygens (including phenoxy) is 3. The van der Waals surface area contributed by atoms with Gasteiger partial charge in [-0.15, -0.1) is 0 Å². The molecular formula is C26H23FN4O4. The molecule has 1 aromatic carbocycles. The summed E-state index contributed by atoms with van der Waals surface area (Å²) in [6.07, 6.45) is 2.71. The monoisotopic (exact) mass is 474 g/mol. The number of carbonyl (C=O) groups excluding carboxylic acids is 1. The van der Waals surface area contributed by atoms with E-state index in [2.05, 4.69) is 15.3 Å². The first-order chi connectivity index (χ1) is 17.1. The molecule has 0 radical (unpaired) electrons. The van der Waals surface area contributed by atoms with Crippen LogP contribution < -0.4 is 10.1 Å². The van der Waals surface area contributed by atoms with Crippen LogP contribution in [0.15, 0.2) is 42.6 Å². The maximum absolute atomic E-state index is 14.5. The molecule has 0 atom stereocenters. The van der Waals surface area contributed by atoms with Crippen molar-refractivity contribution in [3.63, 3.8) is 0 Å². The summed E-state index contributed by atoms with van der Waals surface area (Å²) < 4.78 is 31.0. The van der Waals surface area contributed by atoms with Gasteiger partial charge in [0.2, 0.25) is 5.88 Å². The number of benzene rings is 1. The lowest BCUT2D eigenvalue weighted by Gasteiger charge is -2.26. The minimum Gasteiger partial charge on any atom is -0.469 e. The minimum atomic E-state index is -0.425. The van der Waals surface area contributed by atoms with Crippen molar-refractivity contribution in [2.24, 2.45) is 0 Å². The smallest absolute Gasteiger partial charge is 0.342 e. The van der Waals surface area contributed by atoms with Gasteiger partial charge in [0.15, 0.2) is 0 Å². The number of hydrogen-bond donors (Lipinski definition) is 2. The number of cyclic esters (lactones) is 1. The standard InChI is InChI=1S/C26H23FN4O4/c1-2-15-17(27)4-3-5-18(15)29-25-22-19(9-11-34-26(22)32)30-24(25)16-8-10-28-20-6-7-21(31-23(16)20)35-14-12-33-13-14/h3-8,10,14,29-30H,2,9,11-13H2,1H3. The zero-order chi connectivity index (χ0) is 23.9. The van der Waals surface area contributed by atoms with Gasteiger partial charge in [0.25, 0.3) is 0 Å². The van der Waals surface area contributed by atoms with Crippen molar-refractivity contribution < 1.29 is 23.4 Å². The van der Waals surface area contributed by atoms with Crippen LogP contribution in [0.1, 0.15) is 28.5 Å². The van der Waals surface area contributed by atoms with E-state index in [0.717, 1.165) is 11.3 Å². The van der Waals surface area contributed by atoms with Gasteiger partial charge >= 0.3 is 5.97 Å². The molecule has 0 amide bonds. The summed E-state index contributed by atoms with van der Waals surface area (Å²) in [6, 6.07) is 10.4. The number of aromatic nitrogens is 3. The van der Waals surface area contributed by atoms with Gasteiger partial charge in [0, 0.05) is 41.2 Å². The molecule has 0 unspecified atom stereocenters. The Bertz CT molecular complexity index is 1450. The number of anilines is 2. The summed E-state index contributed by atoms with van der Waals surface area (Å²) in [5.74, 6) is -0.251. The van der Waals surface area contributed by atoms with Gasteiger partial charge in [-0.3, -0.25) is 4.98 Å². The van der Waals surface area contributed by atoms with Gasteiger partial charge in [-0.2, -0.15) is 0 Å². The third-order valence-electron chi connectivity index (χ3n) is 6.32. The SMILES string of the molecule is CCc1c(F)cccc1Nc1c(-c2ccnc3ccc(OC4COC4)nc23)[nH]c2c1C(=O)OCC2. The second-order valence-electron chi connectivity index (χ2n) is 8.51. The first-order valence-electron chi connectivity index (χ1n) is 11.6. The van der Waals surface area contributed by atoms with Crippen molar-refractivity contribution in [2.75, 3.05) is 25.1 Å². The molecule has 0 saturated carbocycles. The topological polar surface area (TPSA) is 98.4 Å². The van der Waals surface area contributed by atoms with Crippen molar-refractivity contribution in [3.05, 3.63) is 65.2 Å². The van der Waals surface area contributed by atoms with Crippen LogP contribution >= 0.6 is 0 Å². The van der Waals surface area contributed by atoms with Crippen molar-refractivity contribution >= 4 is 28.4 Å². The second kappa shape index (κ2) is 8.66. The summed E-state index contributed by atoms with van der Waals surface area (Å²) in [6.45, 7) is 3.25. The minimum absolute atomic E-state index is 0.0229. The number of halogens is 1. The van der Waals surface area contributed by atoms with E-state index in [-0.39, 0.29) is 11.9 Å². The molecule has 0 bridgehead atoms. The van der Waals surface area contributed by atoms with Crippen LogP contribution in [0.25, 0.3) is 22.3 Å². The third-order valence-corrected chi connectivity index (χ3v) is 6.32. The number of pyridine rings is 2. The van der Waals surface area contributed by atoms with E-state index in [4.69, 9.17) is 19.2 Å². The van der Waals surface area contributed by atoms with Crippen LogP contribution in [-0.2, 0) is 22.3 Å². The number of carbonyl (C=O) groups is 1. The van der Waals surface area contributed by atoms with E-state index < -0.39 is 5.97 Å². The molecule has 3 aromatic heterocycles. The molecule has 178 valence electrons. The second-order valence-corrected chi connectivity index (χ2v) is 8.51. The maximum Gasteiger partial charge on any atom is 0.342 e. The van der Waals surface area contributed by atoms with E-state index >= 15 is 0 Å². The van der Waals surface area contributed by atoms with Gasteiger partial charge in [-0.05, 0) is 30.7 Å². The number of rotatable bonds is 6. The lowest BCUT2D eigenvalue weighted by atomic mass is 10.0. The highest BCUT2D eigenvalue weighted by molar-refractivity contribution is 6.05. The van der Waals surface area contributed by atoms with E-state index in [0.29, 0.717) is 77.8 Å². The highest BCUT2D eigenvalue weighted by Gasteiger charge is 2.30. The number of hydrogen-bond acceptors (Lipinski definition) is 7. The van der Waals surface area contributed by atoms with E-state index in [1.54, 1.807) is 24.4 Å². The third kappa shape index (κ3) is 3.77. The fraction of sp³-hybridized carbons (Fsp3) is 0.269. The average molecular weight is 474 g/mol. The largest absolute Gasteiger partial charge is 0.469 e. The maximum atomic E-state index is 14.5. The van der Waals surface area contributed by atoms with Gasteiger partial charge in [0.05, 0.1) is 36.7 Å². The fourth-order valence-corrected chi connectivity index (χ4v) is 4.51. The lowest BCUT2D eigenvalue weighted by Crippen LogP contribution is -2.38. The van der Waals surface area contributed by atoms with E-state index in [1.807, 2.05) is 19.1 Å². The highest BCUT2D eigenvalue weighted by atomic mass is 19.1. The first kappa shape index (κ1) is 21.5. The molecule has 8 nitrogen and oxygen atoms in total. The van der Waals surface area contributed by atoms with Crippen molar-refractivity contribution in [3.8, 4) is 17.1 Å². The number of nitrogens with one attached hydrogen (secondary N) is 2. The normalized spacial score (nSPS) is 15.4. The predicted octanol–water partition coefficient (Wildman–Crippen LogP) is 4.56. The molecule has 0 aliphatic carbocycles. The van der Waals surface area contributed by atoms with E-state index in [9.17, 15) is 9.18 Å². The zero-order valence-corrected chi connectivity index (χ0v) is 19.1. The van der Waals surface area contributed by atoms with Gasteiger partial charge in [-0.25, -0.2) is 14.2 Å². The van der Waals surface area contributed by atoms with Crippen LogP contribution in [0.3, 0.4) is 0 Å². The van der Waals surface area contributed by atoms with Crippen LogP contribution in [-0.4, -0.2) is 46.8 Å². The lowest BCUT2D eigenvalue weighted by molar-refractivity contribution is -0.0812. The van der Waals surface area contributed by atoms with Gasteiger partial charge in [0.1, 0.15) is 23.0 Å². The number of fused-ring (bicyclic) bond motifs is 2. The molecule has 6 rings (SSSR count). The van der Waals surface area contributed by atoms with Crippen LogP contribution in [0.2, 0.25) is 0 Å². The Kier molecular flexibility index (Phi) is 5.33. The molecule has 9 heteroatoms. The molecule has 5 heterocycles.